The van der Waals surface area contributed by atoms with Crippen molar-refractivity contribution in [2.24, 2.45) is 5.92 Å². The van der Waals surface area contributed by atoms with E-state index >= 15 is 0 Å². The first-order valence-corrected chi connectivity index (χ1v) is 14.9. The summed E-state index contributed by atoms with van der Waals surface area (Å²) in [7, 11) is -3.05. The lowest BCUT2D eigenvalue weighted by Crippen LogP contribution is -2.46. The average molecular weight is 633 g/mol. The molecule has 1 aliphatic rings. The Balaban J connectivity index is 1.69. The predicted molar refractivity (Wildman–Crippen MR) is 149 cm³/mol. The number of halogens is 1. The molecule has 3 rings (SSSR count). The molecule has 1 amide bonds. The Kier molecular flexibility index (Phi) is 11.7. The maximum absolute atomic E-state index is 13.8. The highest BCUT2D eigenvalue weighted by atomic mass is 35.5. The van der Waals surface area contributed by atoms with E-state index in [0.717, 1.165) is 10.6 Å². The van der Waals surface area contributed by atoms with Gasteiger partial charge in [-0.25, -0.2) is 24.0 Å². The molecule has 1 aromatic heterocycles. The molecule has 15 nitrogen and oxygen atoms in total. The van der Waals surface area contributed by atoms with Gasteiger partial charge in [-0.1, -0.05) is 32.0 Å². The van der Waals surface area contributed by atoms with Crippen LogP contribution in [0.25, 0.3) is 0 Å². The summed E-state index contributed by atoms with van der Waals surface area (Å²) in [6.07, 6.45) is -3.28. The summed E-state index contributed by atoms with van der Waals surface area (Å²) in [5.74, 6) is -0.849. The number of nitrogens with zero attached hydrogens (tertiary/aromatic N) is 1. The molecule has 17 heteroatoms. The third-order valence-corrected chi connectivity index (χ3v) is 8.20. The molecule has 1 aliphatic heterocycles. The summed E-state index contributed by atoms with van der Waals surface area (Å²) in [6.45, 7) is 4.22. The van der Waals surface area contributed by atoms with Crippen LogP contribution in [0.2, 0.25) is 0 Å². The maximum Gasteiger partial charge on any atom is 0.459 e. The van der Waals surface area contributed by atoms with Crippen LogP contribution in [0.15, 0.2) is 52.2 Å². The molecular formula is C25H34ClN4O11P. The van der Waals surface area contributed by atoms with E-state index in [-0.39, 0.29) is 18.3 Å². The first-order chi connectivity index (χ1) is 19.8. The topological polar surface area (TPSA) is 197 Å². The molecule has 0 aliphatic carbocycles. The van der Waals surface area contributed by atoms with Crippen LogP contribution < -0.4 is 26.2 Å². The second kappa shape index (κ2) is 14.8. The number of methoxy groups -OCH3 is 1. The van der Waals surface area contributed by atoms with Gasteiger partial charge in [0.05, 0.1) is 13.7 Å². The first kappa shape index (κ1) is 33.3. The van der Waals surface area contributed by atoms with E-state index in [1.54, 1.807) is 51.1 Å². The van der Waals surface area contributed by atoms with Crippen molar-refractivity contribution in [3.63, 3.8) is 0 Å². The molecule has 1 aromatic carbocycles. The predicted octanol–water partition coefficient (Wildman–Crippen LogP) is 1.51. The number of aromatic nitrogens is 2. The number of aliphatic hydroxyl groups is 1. The van der Waals surface area contributed by atoms with E-state index in [2.05, 4.69) is 20.1 Å². The zero-order valence-electron chi connectivity index (χ0n) is 23.3. The zero-order valence-corrected chi connectivity index (χ0v) is 24.9. The smallest absolute Gasteiger partial charge is 0.459 e. The molecule has 4 N–H and O–H groups in total. The minimum atomic E-state index is -4.22. The lowest BCUT2D eigenvalue weighted by atomic mass is 10.1. The summed E-state index contributed by atoms with van der Waals surface area (Å²) < 4.78 is 41.7. The molecule has 232 valence electrons. The quantitative estimate of drug-likeness (QED) is 0.141. The number of hydrogen-bond donors (Lipinski definition) is 4. The third kappa shape index (κ3) is 8.90. The Labute approximate surface area is 246 Å². The number of H-pyrrole nitrogens is 1. The van der Waals surface area contributed by atoms with Crippen molar-refractivity contribution >= 4 is 31.4 Å². The number of ether oxygens (including phenoxy) is 3. The van der Waals surface area contributed by atoms with Gasteiger partial charge in [-0.3, -0.25) is 18.9 Å². The normalized spacial score (nSPS) is 23.0. The zero-order chi connectivity index (χ0) is 31.0. The number of rotatable bonds is 13. The average Bonchev–Trinajstić information content (AvgIpc) is 3.22. The number of hydrogen-bond acceptors (Lipinski definition) is 11. The van der Waals surface area contributed by atoms with E-state index in [1.807, 2.05) is 0 Å². The molecule has 0 bridgehead atoms. The number of carbonyl (C=O) groups excluding carboxylic acids is 2. The highest BCUT2D eigenvalue weighted by Gasteiger charge is 2.45. The molecule has 0 radical (unpaired) electrons. The molecule has 1 unspecified atom stereocenters. The number of alkyl carbamates (subject to hydrolysis) is 1. The van der Waals surface area contributed by atoms with E-state index in [9.17, 15) is 28.8 Å². The van der Waals surface area contributed by atoms with Crippen LogP contribution in [-0.4, -0.2) is 76.7 Å². The molecule has 42 heavy (non-hydrogen) atoms. The summed E-state index contributed by atoms with van der Waals surface area (Å²) >= 11 is 6.31. The summed E-state index contributed by atoms with van der Waals surface area (Å²) in [4.78, 5) is 49.9. The van der Waals surface area contributed by atoms with Crippen LogP contribution in [0, 0.1) is 5.92 Å². The standard InChI is InChI=1S/C25H34ClN4O11P/c1-14(2)20(28-25(35)37-4)23(33)38-12-15(3)29-42(36,41-16-8-6-5-7-9-16)39-13-17-21(32)19(26)22(40-17)30-11-10-18(31)27-24(30)34/h5-11,14-15,17,19-22,32H,12-13H2,1-4H3,(H,28,35)(H,29,36)(H,27,31,34)/t15-,17+,19-,20-,21+,22+,42?/m0/s1. The monoisotopic (exact) mass is 632 g/mol. The number of esters is 1. The molecule has 2 heterocycles. The van der Waals surface area contributed by atoms with Crippen LogP contribution in [0.5, 0.6) is 5.75 Å². The van der Waals surface area contributed by atoms with Gasteiger partial charge >= 0.3 is 25.5 Å². The SMILES string of the molecule is COC(=O)N[C@H](C(=O)OC[C@H](C)NP(=O)(OC[C@H]1O[C@@H](n2ccc(=O)[nH]c2=O)[C@@H](Cl)[C@@H]1O)Oc1ccccc1)C(C)C. The number of benzene rings is 1. The molecule has 1 saturated heterocycles. The van der Waals surface area contributed by atoms with Crippen LogP contribution in [0.1, 0.15) is 27.0 Å². The van der Waals surface area contributed by atoms with Crippen molar-refractivity contribution in [3.05, 3.63) is 63.4 Å². The summed E-state index contributed by atoms with van der Waals surface area (Å²) in [5, 5.41) is 14.6. The lowest BCUT2D eigenvalue weighted by Gasteiger charge is -2.26. The number of alkyl halides is 1. The Bertz CT molecular complexity index is 1370. The Hall–Kier alpha value is -3.20. The number of nitrogens with one attached hydrogen (secondary N) is 3. The maximum atomic E-state index is 13.8. The van der Waals surface area contributed by atoms with Crippen LogP contribution in [0.3, 0.4) is 0 Å². The van der Waals surface area contributed by atoms with Gasteiger partial charge in [0.1, 0.15) is 36.0 Å². The molecule has 1 fully saturated rings. The van der Waals surface area contributed by atoms with Crippen molar-refractivity contribution in [1.82, 2.24) is 20.0 Å². The summed E-state index contributed by atoms with van der Waals surface area (Å²) in [5.41, 5.74) is -1.42. The van der Waals surface area contributed by atoms with Gasteiger partial charge in [0, 0.05) is 18.3 Å². The fourth-order valence-electron chi connectivity index (χ4n) is 3.86. The number of carbonyl (C=O) groups is 2. The minimum Gasteiger partial charge on any atom is -0.462 e. The third-order valence-electron chi connectivity index (χ3n) is 6.03. The number of aromatic amines is 1. The highest BCUT2D eigenvalue weighted by molar-refractivity contribution is 7.52. The van der Waals surface area contributed by atoms with Gasteiger partial charge in [-0.15, -0.1) is 11.6 Å². The summed E-state index contributed by atoms with van der Waals surface area (Å²) in [6, 6.07) is 7.45. The molecule has 2 aromatic rings. The molecular weight excluding hydrogens is 599 g/mol. The van der Waals surface area contributed by atoms with E-state index < -0.39 is 73.6 Å². The Morgan fingerprint density at radius 1 is 1.19 bits per heavy atom. The number of aliphatic hydroxyl groups excluding tert-OH is 1. The van der Waals surface area contributed by atoms with Gasteiger partial charge < -0.3 is 29.2 Å². The fraction of sp³-hybridized carbons (Fsp3) is 0.520. The first-order valence-electron chi connectivity index (χ1n) is 12.9. The van der Waals surface area contributed by atoms with Gasteiger partial charge in [0.15, 0.2) is 6.23 Å². The van der Waals surface area contributed by atoms with Crippen molar-refractivity contribution in [1.29, 1.82) is 0 Å². The fourth-order valence-corrected chi connectivity index (χ4v) is 5.74. The van der Waals surface area contributed by atoms with E-state index in [1.165, 1.54) is 13.3 Å². The Morgan fingerprint density at radius 2 is 1.88 bits per heavy atom. The van der Waals surface area contributed by atoms with Gasteiger partial charge in [0.25, 0.3) is 5.56 Å². The molecule has 0 saturated carbocycles. The largest absolute Gasteiger partial charge is 0.462 e. The molecule has 7 atom stereocenters. The molecule has 0 spiro atoms. The van der Waals surface area contributed by atoms with Gasteiger partial charge in [0.2, 0.25) is 0 Å². The van der Waals surface area contributed by atoms with Crippen LogP contribution >= 0.6 is 19.3 Å². The van der Waals surface area contributed by atoms with Crippen LogP contribution in [-0.2, 0) is 28.1 Å². The Morgan fingerprint density at radius 3 is 2.50 bits per heavy atom. The lowest BCUT2D eigenvalue weighted by molar-refractivity contribution is -0.147. The van der Waals surface area contributed by atoms with Crippen molar-refractivity contribution in [2.75, 3.05) is 20.3 Å². The van der Waals surface area contributed by atoms with E-state index in [4.69, 9.17) is 30.1 Å². The van der Waals surface area contributed by atoms with Gasteiger partial charge in [-0.05, 0) is 25.0 Å². The number of amides is 1. The number of para-hydroxylation sites is 1. The minimum absolute atomic E-state index is 0.195. The van der Waals surface area contributed by atoms with Crippen molar-refractivity contribution < 1.29 is 42.5 Å². The van der Waals surface area contributed by atoms with Crippen molar-refractivity contribution in [2.45, 2.75) is 56.7 Å². The second-order valence-corrected chi connectivity index (χ2v) is 11.9. The second-order valence-electron chi connectivity index (χ2n) is 9.73. The highest BCUT2D eigenvalue weighted by Crippen LogP contribution is 2.46. The van der Waals surface area contributed by atoms with Crippen LogP contribution in [0.4, 0.5) is 4.79 Å². The van der Waals surface area contributed by atoms with Gasteiger partial charge in [-0.2, -0.15) is 0 Å². The van der Waals surface area contributed by atoms with Crippen molar-refractivity contribution in [3.8, 4) is 5.75 Å². The van der Waals surface area contributed by atoms with E-state index in [0.29, 0.717) is 0 Å².